The number of nitro benzene ring substituents is 1. The Labute approximate surface area is 120 Å². The number of nitro groups is 1. The molecule has 2 rings (SSSR count). The van der Waals surface area contributed by atoms with E-state index >= 15 is 0 Å². The number of para-hydroxylation sites is 1. The maximum absolute atomic E-state index is 11.3. The number of phenolic OH excluding ortho intramolecular Hbond substituents is 1. The van der Waals surface area contributed by atoms with Crippen LogP contribution in [0.4, 0.5) is 5.69 Å². The monoisotopic (exact) mass is 287 g/mol. The summed E-state index contributed by atoms with van der Waals surface area (Å²) in [7, 11) is 0. The van der Waals surface area contributed by atoms with Gasteiger partial charge in [0, 0.05) is 5.56 Å². The molecule has 0 heterocycles. The van der Waals surface area contributed by atoms with Gasteiger partial charge in [-0.3, -0.25) is 14.9 Å². The predicted octanol–water partition coefficient (Wildman–Crippen LogP) is 3.08. The van der Waals surface area contributed by atoms with Crippen LogP contribution < -0.4 is 4.74 Å². The highest BCUT2D eigenvalue weighted by atomic mass is 16.6. The molecule has 0 aromatic heterocycles. The number of phenols is 1. The number of benzene rings is 2. The molecular weight excluding hydrogens is 274 g/mol. The van der Waals surface area contributed by atoms with Gasteiger partial charge in [0.2, 0.25) is 0 Å². The standard InChI is InChI=1S/C15H13NO5/c1-10(17)13-7-6-12(8-14(13)16(19)20)21-9-11-4-2-3-5-15(11)18/h2-8,18H,9H2,1H3. The average molecular weight is 287 g/mol. The number of ketones is 1. The highest BCUT2D eigenvalue weighted by molar-refractivity contribution is 5.98. The van der Waals surface area contributed by atoms with Gasteiger partial charge in [0.05, 0.1) is 16.6 Å². The topological polar surface area (TPSA) is 89.7 Å². The third-order valence-corrected chi connectivity index (χ3v) is 2.93. The Hall–Kier alpha value is -2.89. The molecule has 0 aliphatic carbocycles. The average Bonchev–Trinajstić information content (AvgIpc) is 2.46. The molecule has 0 atom stereocenters. The van der Waals surface area contributed by atoms with Crippen LogP contribution in [0.15, 0.2) is 42.5 Å². The third-order valence-electron chi connectivity index (χ3n) is 2.93. The molecule has 21 heavy (non-hydrogen) atoms. The first-order valence-corrected chi connectivity index (χ1v) is 6.18. The second-order valence-electron chi connectivity index (χ2n) is 4.41. The van der Waals surface area contributed by atoms with Crippen molar-refractivity contribution in [2.24, 2.45) is 0 Å². The fraction of sp³-hybridized carbons (Fsp3) is 0.133. The summed E-state index contributed by atoms with van der Waals surface area (Å²) in [6, 6.07) is 10.7. The summed E-state index contributed by atoms with van der Waals surface area (Å²) in [5.74, 6) is -0.0312. The van der Waals surface area contributed by atoms with Gasteiger partial charge in [-0.25, -0.2) is 0 Å². The van der Waals surface area contributed by atoms with E-state index in [1.54, 1.807) is 18.2 Å². The number of nitrogens with zero attached hydrogens (tertiary/aromatic N) is 1. The molecule has 0 spiro atoms. The first kappa shape index (κ1) is 14.5. The molecule has 2 aromatic rings. The third kappa shape index (κ3) is 3.36. The molecule has 2 aromatic carbocycles. The van der Waals surface area contributed by atoms with Gasteiger partial charge in [-0.1, -0.05) is 18.2 Å². The van der Waals surface area contributed by atoms with E-state index in [1.165, 1.54) is 31.2 Å². The number of carbonyl (C=O) groups is 1. The van der Waals surface area contributed by atoms with Crippen LogP contribution in [0.25, 0.3) is 0 Å². The van der Waals surface area contributed by atoms with Crippen molar-refractivity contribution in [3.8, 4) is 11.5 Å². The summed E-state index contributed by atoms with van der Waals surface area (Å²) in [6.07, 6.45) is 0. The molecule has 108 valence electrons. The van der Waals surface area contributed by atoms with Crippen LogP contribution in [0.2, 0.25) is 0 Å². The zero-order chi connectivity index (χ0) is 15.4. The molecule has 0 aliphatic heterocycles. The Bertz CT molecular complexity index is 696. The number of Topliss-reactive ketones (excluding diaryl/α,β-unsaturated/α-hetero) is 1. The summed E-state index contributed by atoms with van der Waals surface area (Å²) in [5.41, 5.74) is 0.308. The highest BCUT2D eigenvalue weighted by Gasteiger charge is 2.18. The number of ether oxygens (including phenoxy) is 1. The largest absolute Gasteiger partial charge is 0.508 e. The van der Waals surface area contributed by atoms with Crippen LogP contribution >= 0.6 is 0 Å². The van der Waals surface area contributed by atoms with Crippen LogP contribution in [0.3, 0.4) is 0 Å². The summed E-state index contributed by atoms with van der Waals surface area (Å²) in [6.45, 7) is 1.34. The van der Waals surface area contributed by atoms with Crippen molar-refractivity contribution in [2.45, 2.75) is 13.5 Å². The molecule has 0 radical (unpaired) electrons. The Balaban J connectivity index is 2.22. The van der Waals surface area contributed by atoms with E-state index in [0.717, 1.165) is 0 Å². The first-order valence-electron chi connectivity index (χ1n) is 6.18. The lowest BCUT2D eigenvalue weighted by molar-refractivity contribution is -0.385. The van der Waals surface area contributed by atoms with E-state index in [-0.39, 0.29) is 35.1 Å². The van der Waals surface area contributed by atoms with Crippen LogP contribution in [0.1, 0.15) is 22.8 Å². The summed E-state index contributed by atoms with van der Waals surface area (Å²) < 4.78 is 5.42. The molecule has 6 heteroatoms. The summed E-state index contributed by atoms with van der Waals surface area (Å²) >= 11 is 0. The van der Waals surface area contributed by atoms with E-state index in [4.69, 9.17) is 4.74 Å². The molecule has 0 aliphatic rings. The van der Waals surface area contributed by atoms with Gasteiger partial charge >= 0.3 is 0 Å². The predicted molar refractivity (Wildman–Crippen MR) is 75.5 cm³/mol. The van der Waals surface area contributed by atoms with E-state index in [0.29, 0.717) is 5.56 Å². The highest BCUT2D eigenvalue weighted by Crippen LogP contribution is 2.26. The Morgan fingerprint density at radius 2 is 2.00 bits per heavy atom. The van der Waals surface area contributed by atoms with E-state index < -0.39 is 4.92 Å². The number of rotatable bonds is 5. The fourth-order valence-corrected chi connectivity index (χ4v) is 1.84. The lowest BCUT2D eigenvalue weighted by Crippen LogP contribution is -2.02. The van der Waals surface area contributed by atoms with Crippen LogP contribution in [0, 0.1) is 10.1 Å². The molecule has 0 unspecified atom stereocenters. The minimum Gasteiger partial charge on any atom is -0.508 e. The van der Waals surface area contributed by atoms with Crippen LogP contribution in [-0.4, -0.2) is 15.8 Å². The quantitative estimate of drug-likeness (QED) is 0.518. The molecule has 0 saturated heterocycles. The smallest absolute Gasteiger partial charge is 0.283 e. The molecular formula is C15H13NO5. The first-order chi connectivity index (χ1) is 9.99. The normalized spacial score (nSPS) is 10.1. The van der Waals surface area contributed by atoms with Crippen LogP contribution in [-0.2, 0) is 6.61 Å². The van der Waals surface area contributed by atoms with Crippen molar-refractivity contribution < 1.29 is 19.6 Å². The minimum absolute atomic E-state index is 0.0370. The van der Waals surface area contributed by atoms with E-state index in [1.807, 2.05) is 0 Å². The van der Waals surface area contributed by atoms with Crippen molar-refractivity contribution in [1.82, 2.24) is 0 Å². The van der Waals surface area contributed by atoms with E-state index in [9.17, 15) is 20.0 Å². The Morgan fingerprint density at radius 3 is 2.62 bits per heavy atom. The lowest BCUT2D eigenvalue weighted by Gasteiger charge is -2.08. The van der Waals surface area contributed by atoms with Crippen molar-refractivity contribution in [3.63, 3.8) is 0 Å². The zero-order valence-corrected chi connectivity index (χ0v) is 11.3. The number of aromatic hydroxyl groups is 1. The van der Waals surface area contributed by atoms with Crippen molar-refractivity contribution in [3.05, 3.63) is 63.7 Å². The van der Waals surface area contributed by atoms with Crippen molar-refractivity contribution >= 4 is 11.5 Å². The lowest BCUT2D eigenvalue weighted by atomic mass is 10.1. The van der Waals surface area contributed by atoms with E-state index in [2.05, 4.69) is 0 Å². The Morgan fingerprint density at radius 1 is 1.29 bits per heavy atom. The van der Waals surface area contributed by atoms with Crippen molar-refractivity contribution in [1.29, 1.82) is 0 Å². The SMILES string of the molecule is CC(=O)c1ccc(OCc2ccccc2O)cc1[N+](=O)[O-]. The second kappa shape index (κ2) is 6.04. The molecule has 0 fully saturated rings. The Kier molecular flexibility index (Phi) is 4.18. The second-order valence-corrected chi connectivity index (χ2v) is 4.41. The number of hydrogen-bond acceptors (Lipinski definition) is 5. The van der Waals surface area contributed by atoms with Gasteiger partial charge in [0.1, 0.15) is 18.1 Å². The van der Waals surface area contributed by atoms with Crippen LogP contribution in [0.5, 0.6) is 11.5 Å². The number of hydrogen-bond donors (Lipinski definition) is 1. The van der Waals surface area contributed by atoms with Gasteiger partial charge in [-0.15, -0.1) is 0 Å². The van der Waals surface area contributed by atoms with Gasteiger partial charge < -0.3 is 9.84 Å². The zero-order valence-electron chi connectivity index (χ0n) is 11.3. The molecule has 0 saturated carbocycles. The maximum atomic E-state index is 11.3. The number of carbonyl (C=O) groups excluding carboxylic acids is 1. The van der Waals surface area contributed by atoms with Gasteiger partial charge in [0.15, 0.2) is 5.78 Å². The van der Waals surface area contributed by atoms with Gasteiger partial charge in [-0.05, 0) is 25.1 Å². The maximum Gasteiger partial charge on any atom is 0.283 e. The van der Waals surface area contributed by atoms with Gasteiger partial charge in [-0.2, -0.15) is 0 Å². The molecule has 6 nitrogen and oxygen atoms in total. The summed E-state index contributed by atoms with van der Waals surface area (Å²) in [4.78, 5) is 21.7. The fourth-order valence-electron chi connectivity index (χ4n) is 1.84. The van der Waals surface area contributed by atoms with Gasteiger partial charge in [0.25, 0.3) is 5.69 Å². The summed E-state index contributed by atoms with van der Waals surface area (Å²) in [5, 5.41) is 20.6. The van der Waals surface area contributed by atoms with Crippen molar-refractivity contribution in [2.75, 3.05) is 0 Å². The minimum atomic E-state index is -0.621. The molecule has 1 N–H and O–H groups in total. The molecule has 0 bridgehead atoms. The molecule has 0 amide bonds.